The summed E-state index contributed by atoms with van der Waals surface area (Å²) in [7, 11) is 5.06. The van der Waals surface area contributed by atoms with E-state index in [1.165, 1.54) is 11.9 Å². The molecule has 0 aliphatic heterocycles. The summed E-state index contributed by atoms with van der Waals surface area (Å²) in [4.78, 5) is 15.6. The lowest BCUT2D eigenvalue weighted by Gasteiger charge is -2.20. The quantitative estimate of drug-likeness (QED) is 0.833. The van der Waals surface area contributed by atoms with Crippen molar-refractivity contribution >= 4 is 17.8 Å². The summed E-state index contributed by atoms with van der Waals surface area (Å²) in [5, 5.41) is 3.02. The molecule has 0 saturated carbocycles. The van der Waals surface area contributed by atoms with E-state index in [0.717, 1.165) is 6.42 Å². The lowest BCUT2D eigenvalue weighted by Crippen LogP contribution is -2.27. The van der Waals surface area contributed by atoms with Crippen LogP contribution in [0.2, 0.25) is 0 Å². The largest absolute Gasteiger partial charge is 0.390 e. The Labute approximate surface area is 122 Å². The Morgan fingerprint density at radius 2 is 1.67 bits per heavy atom. The molecule has 21 heavy (non-hydrogen) atoms. The lowest BCUT2D eigenvalue weighted by molar-refractivity contribution is -0.132. The van der Waals surface area contributed by atoms with Crippen LogP contribution in [0, 0.1) is 0 Å². The van der Waals surface area contributed by atoms with Crippen LogP contribution in [0.4, 0.5) is 31.0 Å². The van der Waals surface area contributed by atoms with Gasteiger partial charge in [-0.15, -0.1) is 0 Å². The van der Waals surface area contributed by atoms with Crippen LogP contribution in [0.15, 0.2) is 0 Å². The van der Waals surface area contributed by atoms with Crippen molar-refractivity contribution in [1.82, 2.24) is 15.0 Å². The van der Waals surface area contributed by atoms with Gasteiger partial charge in [0.2, 0.25) is 17.8 Å². The summed E-state index contributed by atoms with van der Waals surface area (Å²) in [6, 6.07) is 0. The number of aromatic nitrogens is 3. The number of anilines is 3. The van der Waals surface area contributed by atoms with E-state index in [2.05, 4.69) is 20.3 Å². The second kappa shape index (κ2) is 7.28. The molecule has 0 aliphatic rings. The summed E-state index contributed by atoms with van der Waals surface area (Å²) in [6.07, 6.45) is -4.22. The Morgan fingerprint density at radius 3 is 2.19 bits per heavy atom. The van der Waals surface area contributed by atoms with E-state index in [-0.39, 0.29) is 12.5 Å². The van der Waals surface area contributed by atoms with Gasteiger partial charge in [0.25, 0.3) is 0 Å². The van der Waals surface area contributed by atoms with Gasteiger partial charge in [0, 0.05) is 34.2 Å². The first-order chi connectivity index (χ1) is 9.73. The van der Waals surface area contributed by atoms with Gasteiger partial charge in [-0.3, -0.25) is 0 Å². The zero-order valence-corrected chi connectivity index (χ0v) is 12.7. The van der Waals surface area contributed by atoms with E-state index in [9.17, 15) is 13.2 Å². The Hall–Kier alpha value is -1.80. The average Bonchev–Trinajstić information content (AvgIpc) is 2.41. The topological polar surface area (TPSA) is 57.2 Å². The normalized spacial score (nSPS) is 11.4. The van der Waals surface area contributed by atoms with E-state index in [0.29, 0.717) is 18.4 Å². The highest BCUT2D eigenvalue weighted by Gasteiger charge is 2.27. The monoisotopic (exact) mass is 306 g/mol. The zero-order valence-electron chi connectivity index (χ0n) is 12.7. The van der Waals surface area contributed by atoms with Gasteiger partial charge in [0.1, 0.15) is 0 Å². The van der Waals surface area contributed by atoms with E-state index < -0.39 is 12.6 Å². The number of nitrogens with one attached hydrogen (secondary N) is 1. The molecule has 0 aromatic carbocycles. The summed E-state index contributed by atoms with van der Waals surface area (Å²) in [5.41, 5.74) is 0. The molecule has 0 spiro atoms. The second-order valence-corrected chi connectivity index (χ2v) is 4.87. The fourth-order valence-corrected chi connectivity index (χ4v) is 1.43. The fourth-order valence-electron chi connectivity index (χ4n) is 1.43. The van der Waals surface area contributed by atoms with Crippen molar-refractivity contribution in [3.63, 3.8) is 0 Å². The third-order valence-electron chi connectivity index (χ3n) is 2.62. The van der Waals surface area contributed by atoms with Crippen LogP contribution in [0.3, 0.4) is 0 Å². The van der Waals surface area contributed by atoms with E-state index in [1.54, 1.807) is 19.0 Å². The van der Waals surface area contributed by atoms with Crippen LogP contribution in [0.1, 0.15) is 19.8 Å². The average molecular weight is 306 g/mol. The van der Waals surface area contributed by atoms with Gasteiger partial charge < -0.3 is 15.1 Å². The van der Waals surface area contributed by atoms with Crippen LogP contribution in [0.5, 0.6) is 0 Å². The molecular weight excluding hydrogens is 285 g/mol. The third kappa shape index (κ3) is 6.01. The van der Waals surface area contributed by atoms with Gasteiger partial charge in [0.05, 0.1) is 6.42 Å². The van der Waals surface area contributed by atoms with Gasteiger partial charge in [-0.1, -0.05) is 6.92 Å². The summed E-state index contributed by atoms with van der Waals surface area (Å²) < 4.78 is 36.9. The number of halogens is 3. The maximum absolute atomic E-state index is 12.3. The summed E-state index contributed by atoms with van der Waals surface area (Å²) in [6.45, 7) is 2.48. The third-order valence-corrected chi connectivity index (χ3v) is 2.62. The molecule has 0 atom stereocenters. The molecule has 6 nitrogen and oxygen atoms in total. The van der Waals surface area contributed by atoms with Crippen molar-refractivity contribution < 1.29 is 13.2 Å². The highest BCUT2D eigenvalue weighted by molar-refractivity contribution is 5.44. The molecule has 0 saturated heterocycles. The maximum atomic E-state index is 12.3. The minimum atomic E-state index is -4.20. The molecule has 1 aromatic rings. The summed E-state index contributed by atoms with van der Waals surface area (Å²) in [5.74, 6) is 0.985. The van der Waals surface area contributed by atoms with Gasteiger partial charge in [-0.25, -0.2) is 0 Å². The first-order valence-corrected chi connectivity index (χ1v) is 6.68. The van der Waals surface area contributed by atoms with Crippen LogP contribution in [0.25, 0.3) is 0 Å². The minimum Gasteiger partial charge on any atom is -0.354 e. The summed E-state index contributed by atoms with van der Waals surface area (Å²) >= 11 is 0. The molecule has 1 N–H and O–H groups in total. The first-order valence-electron chi connectivity index (χ1n) is 6.68. The second-order valence-electron chi connectivity index (χ2n) is 4.87. The minimum absolute atomic E-state index is 0.201. The maximum Gasteiger partial charge on any atom is 0.390 e. The van der Waals surface area contributed by atoms with Crippen LogP contribution >= 0.6 is 0 Å². The van der Waals surface area contributed by atoms with Gasteiger partial charge in [0.15, 0.2) is 0 Å². The van der Waals surface area contributed by atoms with Crippen molar-refractivity contribution in [2.45, 2.75) is 25.9 Å². The Balaban J connectivity index is 2.90. The Kier molecular flexibility index (Phi) is 5.98. The van der Waals surface area contributed by atoms with Crippen LogP contribution < -0.4 is 15.1 Å². The number of alkyl halides is 3. The molecule has 0 bridgehead atoms. The zero-order chi connectivity index (χ0) is 16.0. The SMILES string of the molecule is CCCNc1nc(N(C)C)nc(N(C)CCC(F)(F)F)n1. The van der Waals surface area contributed by atoms with Gasteiger partial charge >= 0.3 is 6.18 Å². The standard InChI is InChI=1S/C12H21F3N6/c1-5-7-16-9-17-10(20(2)3)19-11(18-9)21(4)8-6-12(13,14)15/h5-8H2,1-4H3,(H,16,17,18,19). The van der Waals surface area contributed by atoms with Gasteiger partial charge in [-0.05, 0) is 6.42 Å². The van der Waals surface area contributed by atoms with E-state index in [1.807, 2.05) is 6.92 Å². The molecule has 1 heterocycles. The number of hydrogen-bond acceptors (Lipinski definition) is 6. The predicted molar refractivity (Wildman–Crippen MR) is 76.9 cm³/mol. The molecule has 0 radical (unpaired) electrons. The lowest BCUT2D eigenvalue weighted by atomic mass is 10.4. The van der Waals surface area contributed by atoms with Crippen molar-refractivity contribution in [3.05, 3.63) is 0 Å². The predicted octanol–water partition coefficient (Wildman–Crippen LogP) is 2.15. The van der Waals surface area contributed by atoms with Crippen molar-refractivity contribution in [2.75, 3.05) is 49.3 Å². The van der Waals surface area contributed by atoms with Crippen LogP contribution in [-0.4, -0.2) is 55.4 Å². The molecule has 1 rings (SSSR count). The Morgan fingerprint density at radius 1 is 1.05 bits per heavy atom. The molecular formula is C12H21F3N6. The molecule has 0 aliphatic carbocycles. The molecule has 9 heteroatoms. The number of rotatable bonds is 7. The molecule has 0 fully saturated rings. The van der Waals surface area contributed by atoms with E-state index in [4.69, 9.17) is 0 Å². The Bertz CT molecular complexity index is 449. The smallest absolute Gasteiger partial charge is 0.354 e. The molecule has 120 valence electrons. The molecule has 0 amide bonds. The molecule has 0 unspecified atom stereocenters. The highest BCUT2D eigenvalue weighted by Crippen LogP contribution is 2.21. The van der Waals surface area contributed by atoms with Crippen molar-refractivity contribution in [1.29, 1.82) is 0 Å². The van der Waals surface area contributed by atoms with Crippen LogP contribution in [-0.2, 0) is 0 Å². The van der Waals surface area contributed by atoms with Crippen molar-refractivity contribution in [2.24, 2.45) is 0 Å². The highest BCUT2D eigenvalue weighted by atomic mass is 19.4. The van der Waals surface area contributed by atoms with E-state index >= 15 is 0 Å². The van der Waals surface area contributed by atoms with Gasteiger partial charge in [-0.2, -0.15) is 28.1 Å². The fraction of sp³-hybridized carbons (Fsp3) is 0.750. The number of nitrogens with zero attached hydrogens (tertiary/aromatic N) is 5. The number of hydrogen-bond donors (Lipinski definition) is 1. The molecule has 1 aromatic heterocycles. The first kappa shape index (κ1) is 17.3. The van der Waals surface area contributed by atoms with Crippen molar-refractivity contribution in [3.8, 4) is 0 Å².